The SMILES string of the molecule is Cc1ccccc1CN(C(=O)CN(c1ccccc1F)S(=O)(=O)N(C)C)C(C)C(=O)NC1CCCC1. The summed E-state index contributed by atoms with van der Waals surface area (Å²) in [4.78, 5) is 28.2. The van der Waals surface area contributed by atoms with Crippen LogP contribution >= 0.6 is 0 Å². The minimum Gasteiger partial charge on any atom is -0.352 e. The molecule has 0 heterocycles. The smallest absolute Gasteiger partial charge is 0.304 e. The fraction of sp³-hybridized carbons (Fsp3) is 0.462. The molecule has 2 amide bonds. The molecule has 1 atom stereocenters. The highest BCUT2D eigenvalue weighted by molar-refractivity contribution is 7.90. The molecule has 0 saturated heterocycles. The number of aryl methyl sites for hydroxylation is 1. The quantitative estimate of drug-likeness (QED) is 0.523. The van der Waals surface area contributed by atoms with E-state index in [1.165, 1.54) is 37.2 Å². The summed E-state index contributed by atoms with van der Waals surface area (Å²) in [6, 6.07) is 12.1. The lowest BCUT2D eigenvalue weighted by Gasteiger charge is -2.33. The van der Waals surface area contributed by atoms with Gasteiger partial charge in [-0.05, 0) is 49.9 Å². The number of hydrogen-bond acceptors (Lipinski definition) is 4. The van der Waals surface area contributed by atoms with Crippen LogP contribution in [-0.4, -0.2) is 62.2 Å². The summed E-state index contributed by atoms with van der Waals surface area (Å²) in [5, 5.41) is 3.02. The molecule has 1 fully saturated rings. The van der Waals surface area contributed by atoms with Gasteiger partial charge >= 0.3 is 10.2 Å². The Hall–Kier alpha value is -2.98. The van der Waals surface area contributed by atoms with Crippen molar-refractivity contribution in [2.45, 2.75) is 58.2 Å². The van der Waals surface area contributed by atoms with Gasteiger partial charge in [0.25, 0.3) is 0 Å². The number of nitrogens with zero attached hydrogens (tertiary/aromatic N) is 3. The number of rotatable bonds is 10. The molecule has 0 aromatic heterocycles. The maximum atomic E-state index is 14.7. The highest BCUT2D eigenvalue weighted by Crippen LogP contribution is 2.24. The van der Waals surface area contributed by atoms with Crippen molar-refractivity contribution in [3.8, 4) is 0 Å². The molecule has 1 aliphatic rings. The normalized spacial score (nSPS) is 15.1. The lowest BCUT2D eigenvalue weighted by molar-refractivity contribution is -0.139. The van der Waals surface area contributed by atoms with Crippen LogP contribution < -0.4 is 9.62 Å². The van der Waals surface area contributed by atoms with E-state index >= 15 is 0 Å². The van der Waals surface area contributed by atoms with Crippen molar-refractivity contribution in [2.24, 2.45) is 0 Å². The molecular weight excluding hydrogens is 483 g/mol. The molecule has 0 bridgehead atoms. The van der Waals surface area contributed by atoms with E-state index in [0.717, 1.165) is 51.5 Å². The highest BCUT2D eigenvalue weighted by Gasteiger charge is 2.34. The molecule has 10 heteroatoms. The molecule has 2 aromatic carbocycles. The summed E-state index contributed by atoms with van der Waals surface area (Å²) in [5.74, 6) is -1.68. The summed E-state index contributed by atoms with van der Waals surface area (Å²) in [6.07, 6.45) is 3.88. The second kappa shape index (κ2) is 11.8. The lowest BCUT2D eigenvalue weighted by atomic mass is 10.1. The zero-order valence-electron chi connectivity index (χ0n) is 21.3. The topological polar surface area (TPSA) is 90.0 Å². The van der Waals surface area contributed by atoms with E-state index < -0.39 is 34.5 Å². The molecule has 36 heavy (non-hydrogen) atoms. The number of carbonyl (C=O) groups is 2. The molecule has 0 aliphatic heterocycles. The lowest BCUT2D eigenvalue weighted by Crippen LogP contribution is -2.53. The second-order valence-electron chi connectivity index (χ2n) is 9.36. The van der Waals surface area contributed by atoms with E-state index in [9.17, 15) is 22.4 Å². The molecule has 1 aliphatic carbocycles. The Morgan fingerprint density at radius 2 is 1.67 bits per heavy atom. The van der Waals surface area contributed by atoms with Gasteiger partial charge in [-0.1, -0.05) is 49.2 Å². The van der Waals surface area contributed by atoms with Crippen molar-refractivity contribution < 1.29 is 22.4 Å². The minimum absolute atomic E-state index is 0.0689. The van der Waals surface area contributed by atoms with Crippen LogP contribution in [0.1, 0.15) is 43.7 Å². The average Bonchev–Trinajstić information content (AvgIpc) is 3.35. The maximum Gasteiger partial charge on any atom is 0.304 e. The molecule has 8 nitrogen and oxygen atoms in total. The monoisotopic (exact) mass is 518 g/mol. The van der Waals surface area contributed by atoms with Crippen LogP contribution in [0, 0.1) is 12.7 Å². The van der Waals surface area contributed by atoms with Gasteiger partial charge in [0.2, 0.25) is 11.8 Å². The van der Waals surface area contributed by atoms with Crippen LogP contribution in [0.25, 0.3) is 0 Å². The molecule has 1 N–H and O–H groups in total. The second-order valence-corrected chi connectivity index (χ2v) is 11.4. The van der Waals surface area contributed by atoms with Crippen molar-refractivity contribution >= 4 is 27.7 Å². The number of para-hydroxylation sites is 1. The van der Waals surface area contributed by atoms with Gasteiger partial charge in [-0.25, -0.2) is 8.70 Å². The van der Waals surface area contributed by atoms with Crippen LogP contribution in [0.2, 0.25) is 0 Å². The molecule has 0 radical (unpaired) electrons. The van der Waals surface area contributed by atoms with Crippen LogP contribution in [0.4, 0.5) is 10.1 Å². The Labute approximate surface area is 213 Å². The molecule has 1 saturated carbocycles. The van der Waals surface area contributed by atoms with Crippen LogP contribution in [0.3, 0.4) is 0 Å². The maximum absolute atomic E-state index is 14.7. The first-order valence-corrected chi connectivity index (χ1v) is 13.5. The van der Waals surface area contributed by atoms with Gasteiger partial charge in [-0.15, -0.1) is 0 Å². The molecule has 196 valence electrons. The number of amides is 2. The molecule has 0 spiro atoms. The summed E-state index contributed by atoms with van der Waals surface area (Å²) >= 11 is 0. The van der Waals surface area contributed by atoms with Crippen LogP contribution in [0.15, 0.2) is 48.5 Å². The fourth-order valence-electron chi connectivity index (χ4n) is 4.30. The Balaban J connectivity index is 1.95. The van der Waals surface area contributed by atoms with Gasteiger partial charge in [-0.3, -0.25) is 9.59 Å². The van der Waals surface area contributed by atoms with Crippen molar-refractivity contribution in [1.29, 1.82) is 0 Å². The molecular formula is C26H35FN4O4S. The van der Waals surface area contributed by atoms with Crippen molar-refractivity contribution in [1.82, 2.24) is 14.5 Å². The van der Waals surface area contributed by atoms with E-state index in [1.54, 1.807) is 6.92 Å². The Morgan fingerprint density at radius 3 is 2.28 bits per heavy atom. The molecule has 1 unspecified atom stereocenters. The van der Waals surface area contributed by atoms with Gasteiger partial charge < -0.3 is 10.2 Å². The number of anilines is 1. The third-order valence-corrected chi connectivity index (χ3v) is 8.42. The van der Waals surface area contributed by atoms with Crippen LogP contribution in [-0.2, 0) is 26.3 Å². The van der Waals surface area contributed by atoms with E-state index in [0.29, 0.717) is 0 Å². The van der Waals surface area contributed by atoms with E-state index in [1.807, 2.05) is 31.2 Å². The standard InChI is InChI=1S/C26H35FN4O4S/c1-19-11-5-6-12-21(19)17-30(20(2)26(33)28-22-13-7-8-14-22)25(32)18-31(36(34,35)29(3)4)24-16-10-9-15-23(24)27/h5-6,9-12,15-16,20,22H,7-8,13-14,17-18H2,1-4H3,(H,28,33). The first-order chi connectivity index (χ1) is 17.0. The van der Waals surface area contributed by atoms with Gasteiger partial charge in [0.15, 0.2) is 0 Å². The summed E-state index contributed by atoms with van der Waals surface area (Å²) < 4.78 is 42.6. The number of halogens is 1. The number of nitrogens with one attached hydrogen (secondary N) is 1. The van der Waals surface area contributed by atoms with Crippen LogP contribution in [0.5, 0.6) is 0 Å². The van der Waals surface area contributed by atoms with Gasteiger partial charge in [-0.2, -0.15) is 12.7 Å². The zero-order chi connectivity index (χ0) is 26.5. The Bertz CT molecular complexity index is 1180. The largest absolute Gasteiger partial charge is 0.352 e. The van der Waals surface area contributed by atoms with Gasteiger partial charge in [0.1, 0.15) is 18.4 Å². The first kappa shape index (κ1) is 27.6. The van der Waals surface area contributed by atoms with E-state index in [4.69, 9.17) is 0 Å². The Kier molecular flexibility index (Phi) is 9.08. The van der Waals surface area contributed by atoms with E-state index in [2.05, 4.69) is 5.32 Å². The zero-order valence-corrected chi connectivity index (χ0v) is 22.1. The summed E-state index contributed by atoms with van der Waals surface area (Å²) in [6.45, 7) is 2.99. The summed E-state index contributed by atoms with van der Waals surface area (Å²) in [7, 11) is -1.58. The third kappa shape index (κ3) is 6.41. The van der Waals surface area contributed by atoms with Crippen molar-refractivity contribution in [3.05, 3.63) is 65.5 Å². The van der Waals surface area contributed by atoms with Gasteiger partial charge in [0, 0.05) is 26.7 Å². The molecule has 3 rings (SSSR count). The summed E-state index contributed by atoms with van der Waals surface area (Å²) in [5.41, 5.74) is 1.53. The number of hydrogen-bond donors (Lipinski definition) is 1. The van der Waals surface area contributed by atoms with E-state index in [-0.39, 0.29) is 24.2 Å². The predicted octanol–water partition coefficient (Wildman–Crippen LogP) is 3.22. The number of carbonyl (C=O) groups excluding carboxylic acids is 2. The average molecular weight is 519 g/mol. The fourth-order valence-corrected chi connectivity index (χ4v) is 5.37. The third-order valence-electron chi connectivity index (χ3n) is 6.61. The first-order valence-electron chi connectivity index (χ1n) is 12.1. The molecule has 2 aromatic rings. The number of benzene rings is 2. The minimum atomic E-state index is -4.21. The van der Waals surface area contributed by atoms with Gasteiger partial charge in [0.05, 0.1) is 5.69 Å². The highest BCUT2D eigenvalue weighted by atomic mass is 32.2. The predicted molar refractivity (Wildman–Crippen MR) is 138 cm³/mol. The van der Waals surface area contributed by atoms with Crippen molar-refractivity contribution in [2.75, 3.05) is 24.9 Å². The Morgan fingerprint density at radius 1 is 1.06 bits per heavy atom. The van der Waals surface area contributed by atoms with Crippen molar-refractivity contribution in [3.63, 3.8) is 0 Å².